The van der Waals surface area contributed by atoms with Crippen LogP contribution in [0.4, 0.5) is 0 Å². The average molecular weight is 339 g/mol. The largest absolute Gasteiger partial charge is 0.195 e. The van der Waals surface area contributed by atoms with Crippen LogP contribution in [-0.4, -0.2) is 40.4 Å². The fourth-order valence-electron chi connectivity index (χ4n) is 2.33. The first-order valence-electron chi connectivity index (χ1n) is 7.16. The Kier molecular flexibility index (Phi) is 3.72. The third kappa shape index (κ3) is 2.52. The van der Waals surface area contributed by atoms with Gasteiger partial charge in [0.25, 0.3) is 0 Å². The zero-order valence-corrected chi connectivity index (χ0v) is 13.1. The standard InChI is InChI=1S/C15H11ClN8/c16-13(14-17-19-21-23(14)11-7-3-1-4-8-11)15-18-20-22-24(15)12-9-5-2-6-10-12/h1-10,13H. The highest BCUT2D eigenvalue weighted by atomic mass is 35.5. The molecular formula is C15H11ClN8. The van der Waals surface area contributed by atoms with Crippen LogP contribution in [0.3, 0.4) is 0 Å². The molecule has 0 saturated carbocycles. The van der Waals surface area contributed by atoms with Gasteiger partial charge in [-0.2, -0.15) is 9.36 Å². The van der Waals surface area contributed by atoms with Gasteiger partial charge < -0.3 is 0 Å². The number of rotatable bonds is 4. The molecule has 0 atom stereocenters. The summed E-state index contributed by atoms with van der Waals surface area (Å²) in [5, 5.41) is 22.9. The Labute approximate surface area is 141 Å². The molecule has 0 spiro atoms. The van der Waals surface area contributed by atoms with Gasteiger partial charge in [-0.1, -0.05) is 36.4 Å². The highest BCUT2D eigenvalue weighted by Gasteiger charge is 2.26. The Bertz CT molecular complexity index is 857. The van der Waals surface area contributed by atoms with Crippen LogP contribution in [0.1, 0.15) is 17.0 Å². The van der Waals surface area contributed by atoms with Gasteiger partial charge in [-0.05, 0) is 45.1 Å². The second-order valence-electron chi connectivity index (χ2n) is 4.93. The fourth-order valence-corrected chi connectivity index (χ4v) is 2.60. The lowest BCUT2D eigenvalue weighted by atomic mass is 10.3. The molecule has 0 N–H and O–H groups in total. The summed E-state index contributed by atoms with van der Waals surface area (Å²) >= 11 is 6.60. The summed E-state index contributed by atoms with van der Waals surface area (Å²) < 4.78 is 3.14. The summed E-state index contributed by atoms with van der Waals surface area (Å²) in [6.45, 7) is 0. The van der Waals surface area contributed by atoms with Crippen molar-refractivity contribution in [3.8, 4) is 11.4 Å². The molecule has 118 valence electrons. The van der Waals surface area contributed by atoms with Gasteiger partial charge in [-0.3, -0.25) is 0 Å². The number of tetrazole rings is 2. The van der Waals surface area contributed by atoms with Crippen LogP contribution in [0.2, 0.25) is 0 Å². The molecule has 0 saturated heterocycles. The molecular weight excluding hydrogens is 328 g/mol. The van der Waals surface area contributed by atoms with E-state index in [9.17, 15) is 0 Å². The molecule has 0 fully saturated rings. The van der Waals surface area contributed by atoms with Crippen LogP contribution in [0.5, 0.6) is 0 Å². The SMILES string of the molecule is ClC(c1nnnn1-c1ccccc1)c1nnnn1-c1ccccc1. The maximum absolute atomic E-state index is 6.60. The first-order chi connectivity index (χ1) is 11.8. The molecule has 0 aliphatic heterocycles. The zero-order chi connectivity index (χ0) is 16.4. The van der Waals surface area contributed by atoms with Crippen molar-refractivity contribution in [3.05, 3.63) is 72.3 Å². The minimum absolute atomic E-state index is 0.440. The van der Waals surface area contributed by atoms with Crippen molar-refractivity contribution >= 4 is 11.6 Å². The van der Waals surface area contributed by atoms with Gasteiger partial charge >= 0.3 is 0 Å². The Hall–Kier alpha value is -3.13. The van der Waals surface area contributed by atoms with Crippen LogP contribution >= 0.6 is 11.6 Å². The van der Waals surface area contributed by atoms with Crippen molar-refractivity contribution in [2.45, 2.75) is 5.38 Å². The van der Waals surface area contributed by atoms with E-state index in [2.05, 4.69) is 31.1 Å². The number of nitrogens with zero attached hydrogens (tertiary/aromatic N) is 8. The normalized spacial score (nSPS) is 11.1. The van der Waals surface area contributed by atoms with Gasteiger partial charge in [-0.15, -0.1) is 21.8 Å². The Morgan fingerprint density at radius 1 is 0.667 bits per heavy atom. The van der Waals surface area contributed by atoms with E-state index >= 15 is 0 Å². The van der Waals surface area contributed by atoms with Crippen molar-refractivity contribution in [2.75, 3.05) is 0 Å². The molecule has 4 rings (SSSR count). The van der Waals surface area contributed by atoms with Crippen molar-refractivity contribution in [3.63, 3.8) is 0 Å². The lowest BCUT2D eigenvalue weighted by Gasteiger charge is -2.10. The van der Waals surface area contributed by atoms with E-state index in [1.165, 1.54) is 0 Å². The third-order valence-electron chi connectivity index (χ3n) is 3.44. The number of para-hydroxylation sites is 2. The lowest BCUT2D eigenvalue weighted by Crippen LogP contribution is -2.11. The molecule has 2 aromatic heterocycles. The lowest BCUT2D eigenvalue weighted by molar-refractivity contribution is 0.731. The monoisotopic (exact) mass is 338 g/mol. The Morgan fingerprint density at radius 3 is 1.50 bits per heavy atom. The first kappa shape index (κ1) is 14.5. The van der Waals surface area contributed by atoms with E-state index in [-0.39, 0.29) is 0 Å². The summed E-state index contributed by atoms with van der Waals surface area (Å²) in [5.41, 5.74) is 1.61. The number of hydrogen-bond acceptors (Lipinski definition) is 6. The highest BCUT2D eigenvalue weighted by molar-refractivity contribution is 6.22. The van der Waals surface area contributed by atoms with Crippen molar-refractivity contribution in [1.29, 1.82) is 0 Å². The first-order valence-corrected chi connectivity index (χ1v) is 7.60. The van der Waals surface area contributed by atoms with E-state index in [4.69, 9.17) is 11.6 Å². The second-order valence-corrected chi connectivity index (χ2v) is 5.37. The molecule has 0 unspecified atom stereocenters. The molecule has 0 aliphatic carbocycles. The molecule has 9 heteroatoms. The maximum Gasteiger partial charge on any atom is 0.182 e. The predicted molar refractivity (Wildman–Crippen MR) is 86.0 cm³/mol. The van der Waals surface area contributed by atoms with Gasteiger partial charge in [0, 0.05) is 0 Å². The highest BCUT2D eigenvalue weighted by Crippen LogP contribution is 2.27. The van der Waals surface area contributed by atoms with Crippen LogP contribution in [-0.2, 0) is 0 Å². The Morgan fingerprint density at radius 2 is 1.08 bits per heavy atom. The number of alkyl halides is 1. The fraction of sp³-hybridized carbons (Fsp3) is 0.0667. The summed E-state index contributed by atoms with van der Waals surface area (Å²) in [6.07, 6.45) is 0. The minimum atomic E-state index is -0.713. The summed E-state index contributed by atoms with van der Waals surface area (Å²) in [7, 11) is 0. The maximum atomic E-state index is 6.60. The van der Waals surface area contributed by atoms with E-state index in [0.717, 1.165) is 11.4 Å². The van der Waals surface area contributed by atoms with Gasteiger partial charge in [0.2, 0.25) is 0 Å². The quantitative estimate of drug-likeness (QED) is 0.529. The third-order valence-corrected chi connectivity index (χ3v) is 3.83. The number of hydrogen-bond donors (Lipinski definition) is 0. The molecule has 0 radical (unpaired) electrons. The molecule has 0 aliphatic rings. The van der Waals surface area contributed by atoms with Crippen LogP contribution in [0, 0.1) is 0 Å². The van der Waals surface area contributed by atoms with Gasteiger partial charge in [0.1, 0.15) is 0 Å². The van der Waals surface area contributed by atoms with Crippen LogP contribution < -0.4 is 0 Å². The molecule has 0 amide bonds. The summed E-state index contributed by atoms with van der Waals surface area (Å²) in [6, 6.07) is 19.0. The summed E-state index contributed by atoms with van der Waals surface area (Å²) in [4.78, 5) is 0. The molecule has 8 nitrogen and oxygen atoms in total. The van der Waals surface area contributed by atoms with Crippen molar-refractivity contribution in [1.82, 2.24) is 40.4 Å². The summed E-state index contributed by atoms with van der Waals surface area (Å²) in [5.74, 6) is 0.879. The van der Waals surface area contributed by atoms with E-state index < -0.39 is 5.38 Å². The van der Waals surface area contributed by atoms with Crippen molar-refractivity contribution < 1.29 is 0 Å². The van der Waals surface area contributed by atoms with Gasteiger partial charge in [-0.25, -0.2) is 0 Å². The zero-order valence-electron chi connectivity index (χ0n) is 12.3. The second kappa shape index (κ2) is 6.17. The molecule has 4 aromatic rings. The van der Waals surface area contributed by atoms with Gasteiger partial charge in [0.15, 0.2) is 17.0 Å². The molecule has 24 heavy (non-hydrogen) atoms. The Balaban J connectivity index is 1.76. The van der Waals surface area contributed by atoms with Crippen molar-refractivity contribution in [2.24, 2.45) is 0 Å². The molecule has 0 bridgehead atoms. The number of benzene rings is 2. The number of aromatic nitrogens is 8. The van der Waals surface area contributed by atoms with E-state index in [1.807, 2.05) is 60.7 Å². The topological polar surface area (TPSA) is 87.2 Å². The smallest absolute Gasteiger partial charge is 0.182 e. The predicted octanol–water partition coefficient (Wildman–Crippen LogP) is 1.97. The van der Waals surface area contributed by atoms with E-state index in [0.29, 0.717) is 11.6 Å². The van der Waals surface area contributed by atoms with Crippen LogP contribution in [0.15, 0.2) is 60.7 Å². The minimum Gasteiger partial charge on any atom is -0.195 e. The average Bonchev–Trinajstić information content (AvgIpc) is 3.32. The van der Waals surface area contributed by atoms with E-state index in [1.54, 1.807) is 9.36 Å². The van der Waals surface area contributed by atoms with Gasteiger partial charge in [0.05, 0.1) is 11.4 Å². The van der Waals surface area contributed by atoms with Crippen LogP contribution in [0.25, 0.3) is 11.4 Å². The molecule has 2 aromatic carbocycles. The number of halogens is 1. The molecule has 2 heterocycles.